The SMILES string of the molecule is [2H]C([2H])(c1cc(-c2[c-]cccc2)nc[c]1[Ge]([CH3])([CH3])[CH3])C(C)(C)C.[Ir].[c-]1ccc2c(oc3ccccc32)c1-c1nc2ccccc2n1-c1cc(-c2ccccc2)ccc1-c1ccccc1. The van der Waals surface area contributed by atoms with E-state index < -0.39 is 25.1 Å². The van der Waals surface area contributed by atoms with Gasteiger partial charge in [0.2, 0.25) is 0 Å². The third kappa shape index (κ3) is 8.89. The molecule has 0 N–H and O–H groups in total. The van der Waals surface area contributed by atoms with E-state index in [2.05, 4.69) is 142 Å². The molecule has 3 heterocycles. The van der Waals surface area contributed by atoms with Crippen LogP contribution in [0.3, 0.4) is 0 Å². The summed E-state index contributed by atoms with van der Waals surface area (Å²) in [4.78, 5) is 9.81. The number of benzene rings is 7. The molecule has 0 unspecified atom stereocenters. The van der Waals surface area contributed by atoms with Crippen molar-refractivity contribution in [2.45, 2.75) is 44.4 Å². The molecule has 0 atom stereocenters. The van der Waals surface area contributed by atoms with Gasteiger partial charge >= 0.3 is 135 Å². The number of rotatable bonds is 7. The van der Waals surface area contributed by atoms with E-state index >= 15 is 0 Å². The molecule has 0 aliphatic carbocycles. The Labute approximate surface area is 384 Å². The summed E-state index contributed by atoms with van der Waals surface area (Å²) in [6.07, 6.45) is 0.502. The number of aromatic nitrogens is 3. The van der Waals surface area contributed by atoms with E-state index in [0.29, 0.717) is 0 Å². The van der Waals surface area contributed by atoms with Gasteiger partial charge in [0.05, 0.1) is 22.4 Å². The number of hydrogen-bond acceptors (Lipinski definition) is 3. The summed E-state index contributed by atoms with van der Waals surface area (Å²) in [6, 6.07) is 64.6. The molecule has 1 radical (unpaired) electrons. The van der Waals surface area contributed by atoms with Gasteiger partial charge in [-0.1, -0.05) is 114 Å². The van der Waals surface area contributed by atoms with Crippen molar-refractivity contribution in [3.05, 3.63) is 194 Å². The van der Waals surface area contributed by atoms with Crippen LogP contribution in [-0.4, -0.2) is 27.8 Å². The van der Waals surface area contributed by atoms with Crippen LogP contribution in [0.4, 0.5) is 0 Å². The zero-order chi connectivity index (χ0) is 43.9. The second-order valence-electron chi connectivity index (χ2n) is 17.4. The van der Waals surface area contributed by atoms with Crippen LogP contribution in [0.1, 0.15) is 29.1 Å². The van der Waals surface area contributed by atoms with E-state index in [9.17, 15) is 0 Å². The monoisotopic (exact) mass is 1050 g/mol. The molecule has 0 aliphatic heterocycles. The number of para-hydroxylation sites is 3. The first kappa shape index (κ1) is 40.2. The summed E-state index contributed by atoms with van der Waals surface area (Å²) >= 11 is -2.24. The molecular weight excluding hydrogens is 995 g/mol. The molecule has 0 amide bonds. The first-order chi connectivity index (χ1) is 30.3. The molecule has 0 saturated heterocycles. The van der Waals surface area contributed by atoms with Crippen molar-refractivity contribution in [3.8, 4) is 50.6 Å². The number of nitrogens with zero attached hydrogens (tertiary/aromatic N) is 3. The van der Waals surface area contributed by atoms with Crippen LogP contribution in [0.2, 0.25) is 17.3 Å². The maximum Gasteiger partial charge on any atom is 0.120 e. The summed E-state index contributed by atoms with van der Waals surface area (Å²) in [5.74, 6) is 7.66. The molecule has 62 heavy (non-hydrogen) atoms. The Kier molecular flexibility index (Phi) is 11.6. The fraction of sp³-hybridized carbons (Fsp3) is 0.143. The first-order valence-corrected chi connectivity index (χ1v) is 28.2. The van der Waals surface area contributed by atoms with E-state index in [1.54, 1.807) is 0 Å². The van der Waals surface area contributed by atoms with Gasteiger partial charge in [-0.3, -0.25) is 4.98 Å². The predicted molar refractivity (Wildman–Crippen MR) is 258 cm³/mol. The molecule has 7 aromatic carbocycles. The van der Waals surface area contributed by atoms with Gasteiger partial charge < -0.3 is 8.98 Å². The Balaban J connectivity index is 0.000000201. The van der Waals surface area contributed by atoms with Crippen molar-refractivity contribution in [1.82, 2.24) is 14.5 Å². The normalized spacial score (nSPS) is 12.4. The smallest absolute Gasteiger partial charge is 0.120 e. The molecular formula is C56H49GeIrN3O-2. The van der Waals surface area contributed by atoms with Gasteiger partial charge in [-0.2, -0.15) is 0 Å². The molecule has 10 aromatic rings. The van der Waals surface area contributed by atoms with Crippen LogP contribution in [0.5, 0.6) is 0 Å². The number of pyridine rings is 1. The molecule has 3 aromatic heterocycles. The van der Waals surface area contributed by atoms with Gasteiger partial charge in [0.25, 0.3) is 0 Å². The van der Waals surface area contributed by atoms with E-state index in [1.165, 1.54) is 5.56 Å². The van der Waals surface area contributed by atoms with Crippen LogP contribution in [0, 0.1) is 17.5 Å². The summed E-state index contributed by atoms with van der Waals surface area (Å²) in [7, 11) is 0. The second-order valence-corrected chi connectivity index (χ2v) is 28.0. The molecule has 10 rings (SSSR count). The third-order valence-electron chi connectivity index (χ3n) is 10.8. The van der Waals surface area contributed by atoms with Crippen LogP contribution in [0.15, 0.2) is 180 Å². The van der Waals surface area contributed by atoms with Crippen LogP contribution in [0.25, 0.3) is 83.6 Å². The van der Waals surface area contributed by atoms with Gasteiger partial charge in [-0.25, -0.2) is 0 Å². The summed E-state index contributed by atoms with van der Waals surface area (Å²) in [5.41, 5.74) is 12.1. The van der Waals surface area contributed by atoms with E-state index in [-0.39, 0.29) is 20.1 Å². The summed E-state index contributed by atoms with van der Waals surface area (Å²) < 4.78 is 27.4. The minimum Gasteiger partial charge on any atom is -0.501 e. The van der Waals surface area contributed by atoms with E-state index in [4.69, 9.17) is 12.1 Å². The fourth-order valence-electron chi connectivity index (χ4n) is 7.94. The van der Waals surface area contributed by atoms with Crippen molar-refractivity contribution in [2.24, 2.45) is 5.41 Å². The maximum absolute atomic E-state index is 8.76. The third-order valence-corrected chi connectivity index (χ3v) is 15.0. The first-order valence-electron chi connectivity index (χ1n) is 21.8. The Morgan fingerprint density at radius 1 is 0.677 bits per heavy atom. The second kappa shape index (κ2) is 17.9. The molecule has 0 fully saturated rings. The fourth-order valence-corrected chi connectivity index (χ4v) is 10.9. The molecule has 0 aliphatic rings. The van der Waals surface area contributed by atoms with Gasteiger partial charge in [-0.15, -0.1) is 18.2 Å². The van der Waals surface area contributed by atoms with Crippen molar-refractivity contribution in [2.75, 3.05) is 0 Å². The molecule has 6 heteroatoms. The van der Waals surface area contributed by atoms with Crippen molar-refractivity contribution in [3.63, 3.8) is 0 Å². The zero-order valence-corrected chi connectivity index (χ0v) is 40.3. The largest absolute Gasteiger partial charge is 0.501 e. The number of hydrogen-bond donors (Lipinski definition) is 0. The standard InChI is InChI=1S/C37H23N2O.C19H26GeN.Ir/c1-3-12-25(13-4-1)27-22-23-28(26-14-5-2-6-15-26)34(24-27)39-33-20-9-8-19-32(33)38-37(39)31-18-11-17-30-29-16-7-10-21-35(29)40-36(30)31;1-19(2,3)13-16-12-18(15-10-8-7-9-11-15)21-14-17(16)20(4,5)6;/h1-17,19-24H;7-10,12,14H,13H2,1-6H3;/q2*-1;/i;13D2;. The minimum absolute atomic E-state index is 0. The Morgan fingerprint density at radius 3 is 2.10 bits per heavy atom. The predicted octanol–water partition coefficient (Wildman–Crippen LogP) is 14.4. The summed E-state index contributed by atoms with van der Waals surface area (Å²) in [6.45, 7) is 5.88. The van der Waals surface area contributed by atoms with Crippen molar-refractivity contribution in [1.29, 1.82) is 0 Å². The minimum atomic E-state index is -2.24. The molecule has 0 bridgehead atoms. The van der Waals surface area contributed by atoms with Crippen LogP contribution >= 0.6 is 0 Å². The Hall–Kier alpha value is -5.85. The average molecular weight is 1050 g/mol. The van der Waals surface area contributed by atoms with E-state index in [1.807, 2.05) is 93.7 Å². The number of furan rings is 1. The maximum atomic E-state index is 8.76. The van der Waals surface area contributed by atoms with Gasteiger partial charge in [0.1, 0.15) is 5.58 Å². The average Bonchev–Trinajstić information content (AvgIpc) is 3.88. The Bertz CT molecular complexity index is 3220. The van der Waals surface area contributed by atoms with Crippen LogP contribution < -0.4 is 4.40 Å². The van der Waals surface area contributed by atoms with Crippen LogP contribution in [-0.2, 0) is 26.5 Å². The van der Waals surface area contributed by atoms with Gasteiger partial charge in [0, 0.05) is 36.7 Å². The number of imidazole rings is 1. The summed E-state index contributed by atoms with van der Waals surface area (Å²) in [5, 5.41) is 2.15. The van der Waals surface area contributed by atoms with Gasteiger partial charge in [-0.05, 0) is 41.0 Å². The van der Waals surface area contributed by atoms with Crippen molar-refractivity contribution < 1.29 is 27.3 Å². The quantitative estimate of drug-likeness (QED) is 0.118. The molecule has 309 valence electrons. The number of fused-ring (bicyclic) bond motifs is 4. The molecule has 0 saturated carbocycles. The van der Waals surface area contributed by atoms with Crippen molar-refractivity contribution >= 4 is 50.6 Å². The zero-order valence-electron chi connectivity index (χ0n) is 37.8. The molecule has 4 nitrogen and oxygen atoms in total. The molecule has 0 spiro atoms. The topological polar surface area (TPSA) is 43.9 Å². The van der Waals surface area contributed by atoms with E-state index in [0.717, 1.165) is 88.0 Å². The Morgan fingerprint density at radius 2 is 1.37 bits per heavy atom. The van der Waals surface area contributed by atoms with Gasteiger partial charge in [0.15, 0.2) is 0 Å².